The molecule has 0 N–H and O–H groups in total. The molecule has 1 aliphatic rings. The Hall–Kier alpha value is -1.31. The van der Waals surface area contributed by atoms with Gasteiger partial charge < -0.3 is 4.74 Å². The van der Waals surface area contributed by atoms with Crippen molar-refractivity contribution in [1.82, 2.24) is 0 Å². The molecular formula is C13H16O2. The summed E-state index contributed by atoms with van der Waals surface area (Å²) in [6.45, 7) is 8.35. The van der Waals surface area contributed by atoms with Crippen LogP contribution in [0.5, 0.6) is 5.75 Å². The average molecular weight is 204 g/mol. The summed E-state index contributed by atoms with van der Waals surface area (Å²) in [4.78, 5) is 11.0. The van der Waals surface area contributed by atoms with Crippen molar-refractivity contribution in [3.05, 3.63) is 28.8 Å². The van der Waals surface area contributed by atoms with E-state index in [1.807, 2.05) is 19.9 Å². The largest absolute Gasteiger partial charge is 0.489 e. The lowest BCUT2D eigenvalue weighted by atomic mass is 9.81. The van der Waals surface area contributed by atoms with Gasteiger partial charge in [-0.1, -0.05) is 19.9 Å². The predicted molar refractivity (Wildman–Crippen MR) is 59.7 cm³/mol. The highest BCUT2D eigenvalue weighted by molar-refractivity contribution is 5.81. The molecule has 0 radical (unpaired) electrons. The summed E-state index contributed by atoms with van der Waals surface area (Å²) in [5.41, 5.74) is 2.92. The van der Waals surface area contributed by atoms with E-state index in [1.165, 1.54) is 0 Å². The van der Waals surface area contributed by atoms with Crippen molar-refractivity contribution in [2.75, 3.05) is 0 Å². The van der Waals surface area contributed by atoms with Gasteiger partial charge in [0.1, 0.15) is 11.9 Å². The minimum Gasteiger partial charge on any atom is -0.489 e. The highest BCUT2D eigenvalue weighted by Crippen LogP contribution is 2.44. The van der Waals surface area contributed by atoms with Crippen molar-refractivity contribution in [2.45, 2.75) is 39.2 Å². The molecule has 0 aliphatic carbocycles. The van der Waals surface area contributed by atoms with Crippen LogP contribution in [0.3, 0.4) is 0 Å². The van der Waals surface area contributed by atoms with E-state index in [1.54, 1.807) is 0 Å². The van der Waals surface area contributed by atoms with Crippen LogP contribution < -0.4 is 4.74 Å². The van der Waals surface area contributed by atoms with E-state index in [2.05, 4.69) is 19.9 Å². The number of ether oxygens (including phenoxy) is 1. The van der Waals surface area contributed by atoms with E-state index in [4.69, 9.17) is 4.74 Å². The Bertz CT molecular complexity index is 419. The van der Waals surface area contributed by atoms with Crippen LogP contribution in [-0.2, 0) is 5.41 Å². The fourth-order valence-corrected chi connectivity index (χ4v) is 2.04. The van der Waals surface area contributed by atoms with Gasteiger partial charge in [-0.3, -0.25) is 4.79 Å². The Morgan fingerprint density at radius 3 is 2.67 bits per heavy atom. The van der Waals surface area contributed by atoms with Gasteiger partial charge in [-0.05, 0) is 25.5 Å². The Kier molecular flexibility index (Phi) is 2.10. The SMILES string of the molecule is Cc1cc(C=O)c2c(c1)C(C)(C)C(C)O2. The molecule has 2 nitrogen and oxygen atoms in total. The second-order valence-electron chi connectivity index (χ2n) is 4.83. The fourth-order valence-electron chi connectivity index (χ4n) is 2.04. The highest BCUT2D eigenvalue weighted by atomic mass is 16.5. The number of carbonyl (C=O) groups excluding carboxylic acids is 1. The summed E-state index contributed by atoms with van der Waals surface area (Å²) in [6.07, 6.45) is 0.993. The smallest absolute Gasteiger partial charge is 0.153 e. The van der Waals surface area contributed by atoms with Gasteiger partial charge in [0.25, 0.3) is 0 Å². The molecule has 1 aromatic rings. The summed E-state index contributed by atoms with van der Waals surface area (Å²) in [7, 11) is 0. The molecule has 0 spiro atoms. The maximum Gasteiger partial charge on any atom is 0.153 e. The molecule has 1 aromatic carbocycles. The Labute approximate surface area is 90.3 Å². The molecule has 80 valence electrons. The summed E-state index contributed by atoms with van der Waals surface area (Å²) in [6, 6.07) is 3.99. The second kappa shape index (κ2) is 3.09. The molecular weight excluding hydrogens is 188 g/mol. The standard InChI is InChI=1S/C13H16O2/c1-8-5-10(7-14)12-11(6-8)13(3,4)9(2)15-12/h5-7,9H,1-4H3. The van der Waals surface area contributed by atoms with Crippen LogP contribution in [0.4, 0.5) is 0 Å². The molecule has 0 saturated heterocycles. The van der Waals surface area contributed by atoms with Gasteiger partial charge in [0.05, 0.1) is 5.56 Å². The number of hydrogen-bond acceptors (Lipinski definition) is 2. The minimum absolute atomic E-state index is 0.0148. The number of aryl methyl sites for hydroxylation is 1. The Morgan fingerprint density at radius 1 is 1.40 bits per heavy atom. The number of rotatable bonds is 1. The summed E-state index contributed by atoms with van der Waals surface area (Å²) in [5, 5.41) is 0. The van der Waals surface area contributed by atoms with E-state index >= 15 is 0 Å². The van der Waals surface area contributed by atoms with Crippen molar-refractivity contribution in [1.29, 1.82) is 0 Å². The first-order valence-electron chi connectivity index (χ1n) is 5.23. The van der Waals surface area contributed by atoms with Gasteiger partial charge in [0.15, 0.2) is 6.29 Å². The van der Waals surface area contributed by atoms with E-state index in [0.29, 0.717) is 5.56 Å². The fraction of sp³-hybridized carbons (Fsp3) is 0.462. The number of benzene rings is 1. The highest BCUT2D eigenvalue weighted by Gasteiger charge is 2.39. The van der Waals surface area contributed by atoms with Crippen LogP contribution in [0.25, 0.3) is 0 Å². The van der Waals surface area contributed by atoms with Crippen LogP contribution in [0, 0.1) is 6.92 Å². The second-order valence-corrected chi connectivity index (χ2v) is 4.83. The van der Waals surface area contributed by atoms with Gasteiger partial charge in [0, 0.05) is 11.0 Å². The Morgan fingerprint density at radius 2 is 2.07 bits per heavy atom. The molecule has 1 unspecified atom stereocenters. The van der Waals surface area contributed by atoms with Crippen molar-refractivity contribution < 1.29 is 9.53 Å². The normalized spacial score (nSPS) is 22.0. The van der Waals surface area contributed by atoms with Gasteiger partial charge in [-0.2, -0.15) is 0 Å². The molecule has 2 heteroatoms. The first-order valence-corrected chi connectivity index (χ1v) is 5.23. The monoisotopic (exact) mass is 204 g/mol. The van der Waals surface area contributed by atoms with E-state index in [-0.39, 0.29) is 11.5 Å². The number of hydrogen-bond donors (Lipinski definition) is 0. The zero-order valence-electron chi connectivity index (χ0n) is 9.63. The van der Waals surface area contributed by atoms with E-state index in [9.17, 15) is 4.79 Å². The minimum atomic E-state index is -0.0148. The van der Waals surface area contributed by atoms with Crippen LogP contribution in [0.2, 0.25) is 0 Å². The topological polar surface area (TPSA) is 26.3 Å². The lowest BCUT2D eigenvalue weighted by Crippen LogP contribution is -2.28. The van der Waals surface area contributed by atoms with Crippen LogP contribution in [-0.4, -0.2) is 12.4 Å². The van der Waals surface area contributed by atoms with Crippen molar-refractivity contribution in [3.63, 3.8) is 0 Å². The molecule has 0 bridgehead atoms. The van der Waals surface area contributed by atoms with Crippen LogP contribution in [0.1, 0.15) is 42.3 Å². The summed E-state index contributed by atoms with van der Waals surface area (Å²) in [5.74, 6) is 0.771. The van der Waals surface area contributed by atoms with Gasteiger partial charge in [0.2, 0.25) is 0 Å². The predicted octanol–water partition coefficient (Wildman–Crippen LogP) is 2.87. The first kappa shape index (κ1) is 10.2. The molecule has 1 aliphatic heterocycles. The zero-order valence-corrected chi connectivity index (χ0v) is 9.63. The molecule has 0 fully saturated rings. The van der Waals surface area contributed by atoms with Crippen LogP contribution in [0.15, 0.2) is 12.1 Å². The third kappa shape index (κ3) is 1.36. The molecule has 1 heterocycles. The summed E-state index contributed by atoms with van der Waals surface area (Å²) < 4.78 is 5.77. The summed E-state index contributed by atoms with van der Waals surface area (Å²) >= 11 is 0. The molecule has 1 atom stereocenters. The van der Waals surface area contributed by atoms with Gasteiger partial charge in [-0.15, -0.1) is 0 Å². The lowest BCUT2D eigenvalue weighted by molar-refractivity contribution is 0.111. The van der Waals surface area contributed by atoms with Gasteiger partial charge in [-0.25, -0.2) is 0 Å². The maximum atomic E-state index is 11.0. The number of aldehydes is 1. The Balaban J connectivity index is 2.68. The molecule has 2 rings (SSSR count). The first-order chi connectivity index (χ1) is 6.96. The van der Waals surface area contributed by atoms with Crippen molar-refractivity contribution in [2.24, 2.45) is 0 Å². The third-order valence-corrected chi connectivity index (χ3v) is 3.39. The lowest BCUT2D eigenvalue weighted by Gasteiger charge is -2.22. The maximum absolute atomic E-state index is 11.0. The quantitative estimate of drug-likeness (QED) is 0.657. The van der Waals surface area contributed by atoms with Crippen molar-refractivity contribution in [3.8, 4) is 5.75 Å². The average Bonchev–Trinajstić information content (AvgIpc) is 2.39. The molecule has 15 heavy (non-hydrogen) atoms. The van der Waals surface area contributed by atoms with Crippen LogP contribution >= 0.6 is 0 Å². The molecule has 0 aromatic heterocycles. The van der Waals surface area contributed by atoms with Crippen molar-refractivity contribution >= 4 is 6.29 Å². The van der Waals surface area contributed by atoms with Gasteiger partial charge >= 0.3 is 0 Å². The molecule has 0 saturated carbocycles. The third-order valence-electron chi connectivity index (χ3n) is 3.39. The number of fused-ring (bicyclic) bond motifs is 1. The zero-order chi connectivity index (χ0) is 11.2. The van der Waals surface area contributed by atoms with E-state index in [0.717, 1.165) is 23.2 Å². The molecule has 0 amide bonds. The number of carbonyl (C=O) groups is 1. The van der Waals surface area contributed by atoms with E-state index < -0.39 is 0 Å².